The van der Waals surface area contributed by atoms with Crippen LogP contribution in [0.25, 0.3) is 6.08 Å². The highest BCUT2D eigenvalue weighted by Crippen LogP contribution is 2.31. The van der Waals surface area contributed by atoms with Crippen molar-refractivity contribution in [3.8, 4) is 0 Å². The van der Waals surface area contributed by atoms with E-state index in [9.17, 15) is 18.0 Å². The predicted molar refractivity (Wildman–Crippen MR) is 138 cm³/mol. The molecule has 4 rings (SSSR count). The third-order valence-corrected chi connectivity index (χ3v) is 8.05. The van der Waals surface area contributed by atoms with E-state index < -0.39 is 39.5 Å². The maximum atomic E-state index is 15.1. The van der Waals surface area contributed by atoms with Crippen molar-refractivity contribution >= 4 is 56.7 Å². The van der Waals surface area contributed by atoms with Crippen LogP contribution in [0.15, 0.2) is 29.7 Å². The van der Waals surface area contributed by atoms with E-state index in [1.807, 2.05) is 0 Å². The first kappa shape index (κ1) is 26.6. The number of carbonyl (C=O) groups excluding carboxylic acids is 2. The zero-order valence-corrected chi connectivity index (χ0v) is 22.5. The molecule has 2 aromatic rings. The second kappa shape index (κ2) is 10.1. The lowest BCUT2D eigenvalue weighted by Crippen LogP contribution is -2.41. The Morgan fingerprint density at radius 3 is 2.67 bits per heavy atom. The SMILES string of the molecule is CC(C)(C)OC(=O)N1CCc2cc(N3CC[C@H](NS(=O)(=O)/C=C/c4ccc(Cl)s4)C3=O)c(F)cc2C1. The first-order chi connectivity index (χ1) is 16.8. The van der Waals surface area contributed by atoms with Crippen molar-refractivity contribution in [3.05, 3.63) is 55.8 Å². The lowest BCUT2D eigenvalue weighted by Gasteiger charge is -2.32. The first-order valence-electron chi connectivity index (χ1n) is 11.4. The zero-order valence-electron chi connectivity index (χ0n) is 20.1. The van der Waals surface area contributed by atoms with Gasteiger partial charge in [0.25, 0.3) is 0 Å². The monoisotopic (exact) mass is 555 g/mol. The van der Waals surface area contributed by atoms with Crippen LogP contribution in [-0.4, -0.2) is 50.1 Å². The van der Waals surface area contributed by atoms with Crippen LogP contribution in [0.4, 0.5) is 14.9 Å². The molecule has 1 saturated heterocycles. The molecule has 3 heterocycles. The summed E-state index contributed by atoms with van der Waals surface area (Å²) in [6, 6.07) is 5.30. The molecular weight excluding hydrogens is 529 g/mol. The summed E-state index contributed by atoms with van der Waals surface area (Å²) in [7, 11) is -3.90. The lowest BCUT2D eigenvalue weighted by atomic mass is 9.98. The molecule has 2 aliphatic rings. The molecule has 1 N–H and O–H groups in total. The normalized spacial score (nSPS) is 18.7. The van der Waals surface area contributed by atoms with E-state index in [1.54, 1.807) is 39.0 Å². The number of benzene rings is 1. The van der Waals surface area contributed by atoms with Crippen LogP contribution in [-0.2, 0) is 32.5 Å². The van der Waals surface area contributed by atoms with Crippen LogP contribution >= 0.6 is 22.9 Å². The number of halogens is 2. The molecule has 0 unspecified atom stereocenters. The van der Waals surface area contributed by atoms with Crippen molar-refractivity contribution in [3.63, 3.8) is 0 Å². The van der Waals surface area contributed by atoms with Crippen molar-refractivity contribution in [2.45, 2.75) is 51.8 Å². The van der Waals surface area contributed by atoms with E-state index in [2.05, 4.69) is 4.72 Å². The van der Waals surface area contributed by atoms with Gasteiger partial charge in [0.15, 0.2) is 0 Å². The summed E-state index contributed by atoms with van der Waals surface area (Å²) in [5, 5.41) is 0.987. The molecule has 0 spiro atoms. The largest absolute Gasteiger partial charge is 0.444 e. The second-order valence-electron chi connectivity index (χ2n) is 9.66. The molecule has 1 aromatic heterocycles. The van der Waals surface area contributed by atoms with Gasteiger partial charge in [0.1, 0.15) is 17.5 Å². The Morgan fingerprint density at radius 1 is 1.25 bits per heavy atom. The van der Waals surface area contributed by atoms with Gasteiger partial charge in [-0.2, -0.15) is 4.72 Å². The van der Waals surface area contributed by atoms with Crippen molar-refractivity contribution in [1.82, 2.24) is 9.62 Å². The Bertz CT molecular complexity index is 1320. The Morgan fingerprint density at radius 2 is 2.00 bits per heavy atom. The van der Waals surface area contributed by atoms with Gasteiger partial charge in [-0.1, -0.05) is 11.6 Å². The number of anilines is 1. The van der Waals surface area contributed by atoms with Crippen LogP contribution in [0.3, 0.4) is 0 Å². The van der Waals surface area contributed by atoms with Crippen LogP contribution < -0.4 is 9.62 Å². The summed E-state index contributed by atoms with van der Waals surface area (Å²) < 4.78 is 48.4. The summed E-state index contributed by atoms with van der Waals surface area (Å²) in [5.74, 6) is -1.12. The maximum absolute atomic E-state index is 15.1. The minimum atomic E-state index is -3.90. The first-order valence-corrected chi connectivity index (χ1v) is 14.1. The van der Waals surface area contributed by atoms with Gasteiger partial charge in [0.05, 0.1) is 10.0 Å². The van der Waals surface area contributed by atoms with Gasteiger partial charge in [0, 0.05) is 29.9 Å². The number of rotatable bonds is 5. The maximum Gasteiger partial charge on any atom is 0.410 e. The summed E-state index contributed by atoms with van der Waals surface area (Å²) >= 11 is 7.08. The number of ether oxygens (including phenoxy) is 1. The number of thiophene rings is 1. The molecular formula is C24H27ClFN3O5S2. The van der Waals surface area contributed by atoms with Crippen molar-refractivity contribution < 1.29 is 27.1 Å². The zero-order chi connectivity index (χ0) is 26.3. The molecule has 0 bridgehead atoms. The van der Waals surface area contributed by atoms with Crippen LogP contribution in [0.5, 0.6) is 0 Å². The van der Waals surface area contributed by atoms with E-state index in [4.69, 9.17) is 16.3 Å². The summed E-state index contributed by atoms with van der Waals surface area (Å²) in [4.78, 5) is 28.8. The van der Waals surface area contributed by atoms with Gasteiger partial charge in [-0.05, 0) is 75.1 Å². The predicted octanol–water partition coefficient (Wildman–Crippen LogP) is 4.53. The quantitative estimate of drug-likeness (QED) is 0.585. The molecule has 36 heavy (non-hydrogen) atoms. The van der Waals surface area contributed by atoms with E-state index in [0.717, 1.165) is 11.0 Å². The lowest BCUT2D eigenvalue weighted by molar-refractivity contribution is -0.118. The molecule has 1 aromatic carbocycles. The van der Waals surface area contributed by atoms with E-state index >= 15 is 4.39 Å². The summed E-state index contributed by atoms with van der Waals surface area (Å²) in [5.41, 5.74) is 0.959. The van der Waals surface area contributed by atoms with E-state index in [1.165, 1.54) is 33.3 Å². The standard InChI is InChI=1S/C24H27ClFN3O5S2/c1-24(2,3)34-23(31)28-9-6-15-13-20(18(26)12-16(15)14-28)29-10-7-19(22(29)30)27-36(32,33)11-8-17-4-5-21(25)35-17/h4-5,8,11-13,19,27H,6-7,9-10,14H2,1-3H3/b11-8+/t19-/m0/s1. The fourth-order valence-corrected chi connectivity index (χ4v) is 6.17. The van der Waals surface area contributed by atoms with E-state index in [0.29, 0.717) is 27.7 Å². The van der Waals surface area contributed by atoms with Crippen molar-refractivity contribution in [1.29, 1.82) is 0 Å². The molecule has 0 radical (unpaired) electrons. The highest BCUT2D eigenvalue weighted by atomic mass is 35.5. The van der Waals surface area contributed by atoms with Gasteiger partial charge in [-0.25, -0.2) is 17.6 Å². The van der Waals surface area contributed by atoms with Gasteiger partial charge in [-0.3, -0.25) is 4.79 Å². The number of hydrogen-bond acceptors (Lipinski definition) is 6. The molecule has 12 heteroatoms. The average Bonchev–Trinajstić information content (AvgIpc) is 3.35. The minimum absolute atomic E-state index is 0.106. The average molecular weight is 556 g/mol. The van der Waals surface area contributed by atoms with Crippen LogP contribution in [0.1, 0.15) is 43.2 Å². The molecule has 0 saturated carbocycles. The number of nitrogens with zero attached hydrogens (tertiary/aromatic N) is 2. The number of fused-ring (bicyclic) bond motifs is 1. The van der Waals surface area contributed by atoms with Gasteiger partial charge in [0.2, 0.25) is 15.9 Å². The number of nitrogens with one attached hydrogen (secondary N) is 1. The van der Waals surface area contributed by atoms with E-state index in [-0.39, 0.29) is 25.2 Å². The number of amides is 2. The molecule has 1 fully saturated rings. The number of carbonyl (C=O) groups is 2. The van der Waals surface area contributed by atoms with Crippen molar-refractivity contribution in [2.75, 3.05) is 18.0 Å². The Balaban J connectivity index is 1.44. The molecule has 2 aliphatic heterocycles. The summed E-state index contributed by atoms with van der Waals surface area (Å²) in [6.07, 6.45) is 1.63. The topological polar surface area (TPSA) is 96.0 Å². The Hall–Kier alpha value is -2.47. The third kappa shape index (κ3) is 6.26. The molecule has 1 atom stereocenters. The Kier molecular flexibility index (Phi) is 7.47. The Labute approximate surface area is 218 Å². The van der Waals surface area contributed by atoms with Gasteiger partial charge < -0.3 is 14.5 Å². The van der Waals surface area contributed by atoms with Crippen LogP contribution in [0, 0.1) is 5.82 Å². The van der Waals surface area contributed by atoms with Crippen molar-refractivity contribution in [2.24, 2.45) is 0 Å². The fraction of sp³-hybridized carbons (Fsp3) is 0.417. The van der Waals surface area contributed by atoms with Crippen LogP contribution in [0.2, 0.25) is 4.34 Å². The smallest absolute Gasteiger partial charge is 0.410 e. The molecule has 0 aliphatic carbocycles. The second-order valence-corrected chi connectivity index (χ2v) is 13.0. The molecule has 8 nitrogen and oxygen atoms in total. The number of sulfonamides is 1. The highest BCUT2D eigenvalue weighted by Gasteiger charge is 2.37. The van der Waals surface area contributed by atoms with Gasteiger partial charge in [-0.15, -0.1) is 11.3 Å². The summed E-state index contributed by atoms with van der Waals surface area (Å²) in [6.45, 7) is 6.14. The van der Waals surface area contributed by atoms with Gasteiger partial charge >= 0.3 is 6.09 Å². The number of hydrogen-bond donors (Lipinski definition) is 1. The minimum Gasteiger partial charge on any atom is -0.444 e. The molecule has 194 valence electrons. The molecule has 2 amide bonds. The third-order valence-electron chi connectivity index (χ3n) is 5.74. The fourth-order valence-electron chi connectivity index (χ4n) is 4.10. The highest BCUT2D eigenvalue weighted by molar-refractivity contribution is 7.92.